The van der Waals surface area contributed by atoms with Crippen molar-refractivity contribution in [2.75, 3.05) is 7.11 Å². The Labute approximate surface area is 128 Å². The van der Waals surface area contributed by atoms with Crippen LogP contribution in [0.4, 0.5) is 0 Å². The Kier molecular flexibility index (Phi) is 3.63. The molecule has 0 fully saturated rings. The minimum atomic E-state index is -0.0886. The third kappa shape index (κ3) is 2.45. The minimum absolute atomic E-state index is 0.0196. The Morgan fingerprint density at radius 2 is 1.91 bits per heavy atom. The molecule has 0 N–H and O–H groups in total. The summed E-state index contributed by atoms with van der Waals surface area (Å²) in [6.07, 6.45) is 1.72. The highest BCUT2D eigenvalue weighted by molar-refractivity contribution is 5.96. The number of fused-ring (bicyclic) bond motifs is 1. The monoisotopic (exact) mass is 295 g/mol. The predicted octanol–water partition coefficient (Wildman–Crippen LogP) is 3.24. The Balaban J connectivity index is 2.11. The zero-order chi connectivity index (χ0) is 15.7. The first-order chi connectivity index (χ1) is 10.6. The highest BCUT2D eigenvalue weighted by atomic mass is 16.5. The summed E-state index contributed by atoms with van der Waals surface area (Å²) in [7, 11) is 1.64. The van der Waals surface area contributed by atoms with Gasteiger partial charge in [-0.3, -0.25) is 4.79 Å². The highest BCUT2D eigenvalue weighted by Crippen LogP contribution is 2.23. The van der Waals surface area contributed by atoms with Gasteiger partial charge < -0.3 is 4.74 Å². The lowest BCUT2D eigenvalue weighted by molar-refractivity contribution is 0.0934. The van der Waals surface area contributed by atoms with Crippen LogP contribution in [0.2, 0.25) is 0 Å². The van der Waals surface area contributed by atoms with Crippen molar-refractivity contribution in [1.82, 2.24) is 14.6 Å². The van der Waals surface area contributed by atoms with E-state index in [-0.39, 0.29) is 11.7 Å². The summed E-state index contributed by atoms with van der Waals surface area (Å²) >= 11 is 0. The Morgan fingerprint density at radius 1 is 1.18 bits per heavy atom. The summed E-state index contributed by atoms with van der Waals surface area (Å²) in [5.74, 6) is 0.728. The van der Waals surface area contributed by atoms with Crippen molar-refractivity contribution in [3.63, 3.8) is 0 Å². The first kappa shape index (κ1) is 14.3. The molecule has 0 aliphatic rings. The molecule has 112 valence electrons. The molecule has 0 unspecified atom stereocenters. The van der Waals surface area contributed by atoms with Crippen molar-refractivity contribution in [2.45, 2.75) is 13.8 Å². The van der Waals surface area contributed by atoms with E-state index in [2.05, 4.69) is 10.1 Å². The fourth-order valence-electron chi connectivity index (χ4n) is 2.29. The van der Waals surface area contributed by atoms with Gasteiger partial charge in [0.2, 0.25) is 0 Å². The maximum atomic E-state index is 12.1. The van der Waals surface area contributed by atoms with Gasteiger partial charge in [-0.05, 0) is 30.3 Å². The first-order valence-corrected chi connectivity index (χ1v) is 7.13. The van der Waals surface area contributed by atoms with Gasteiger partial charge in [0.15, 0.2) is 11.4 Å². The molecular weight excluding hydrogens is 278 g/mol. The van der Waals surface area contributed by atoms with Gasteiger partial charge in [0.25, 0.3) is 0 Å². The number of benzene rings is 1. The summed E-state index contributed by atoms with van der Waals surface area (Å²) in [5, 5.41) is 4.43. The highest BCUT2D eigenvalue weighted by Gasteiger charge is 2.16. The topological polar surface area (TPSA) is 56.5 Å². The molecule has 0 aliphatic carbocycles. The zero-order valence-corrected chi connectivity index (χ0v) is 12.8. The van der Waals surface area contributed by atoms with E-state index in [9.17, 15) is 4.79 Å². The number of carbonyl (C=O) groups is 1. The van der Waals surface area contributed by atoms with Crippen molar-refractivity contribution >= 4 is 11.4 Å². The second-order valence-corrected chi connectivity index (χ2v) is 5.38. The Bertz CT molecular complexity index is 820. The Hall–Kier alpha value is -2.69. The summed E-state index contributed by atoms with van der Waals surface area (Å²) in [6.45, 7) is 3.73. The fraction of sp³-hybridized carbons (Fsp3) is 0.235. The van der Waals surface area contributed by atoms with Crippen LogP contribution in [0, 0.1) is 5.92 Å². The molecule has 2 aromatic heterocycles. The van der Waals surface area contributed by atoms with E-state index in [4.69, 9.17) is 4.74 Å². The van der Waals surface area contributed by atoms with Crippen molar-refractivity contribution in [2.24, 2.45) is 5.92 Å². The van der Waals surface area contributed by atoms with Gasteiger partial charge >= 0.3 is 0 Å². The summed E-state index contributed by atoms with van der Waals surface area (Å²) in [6, 6.07) is 11.3. The van der Waals surface area contributed by atoms with Crippen LogP contribution in [0.1, 0.15) is 24.3 Å². The van der Waals surface area contributed by atoms with E-state index in [0.717, 1.165) is 17.0 Å². The molecule has 0 saturated heterocycles. The van der Waals surface area contributed by atoms with Gasteiger partial charge in [-0.15, -0.1) is 0 Å². The number of ketones is 1. The van der Waals surface area contributed by atoms with E-state index in [1.807, 2.05) is 44.2 Å². The normalized spacial score (nSPS) is 11.1. The van der Waals surface area contributed by atoms with Gasteiger partial charge in [0, 0.05) is 23.7 Å². The third-order valence-electron chi connectivity index (χ3n) is 3.52. The molecule has 22 heavy (non-hydrogen) atoms. The smallest absolute Gasteiger partial charge is 0.185 e. The standard InChI is InChI=1S/C17H17N3O2/c1-11(2)17(21)14-10-16-18-9-8-15(20(16)19-14)12-4-6-13(22-3)7-5-12/h4-11H,1-3H3. The molecule has 0 spiro atoms. The number of Topliss-reactive ketones (excluding diaryl/α,β-unsaturated/α-hetero) is 1. The lowest BCUT2D eigenvalue weighted by Crippen LogP contribution is -2.08. The van der Waals surface area contributed by atoms with Gasteiger partial charge in [-0.2, -0.15) is 5.10 Å². The fourth-order valence-corrected chi connectivity index (χ4v) is 2.29. The second-order valence-electron chi connectivity index (χ2n) is 5.38. The van der Waals surface area contributed by atoms with Crippen LogP contribution >= 0.6 is 0 Å². The molecule has 0 atom stereocenters. The van der Waals surface area contributed by atoms with Gasteiger partial charge in [0.1, 0.15) is 11.4 Å². The van der Waals surface area contributed by atoms with Crippen LogP contribution in [-0.4, -0.2) is 27.5 Å². The van der Waals surface area contributed by atoms with Crippen LogP contribution in [0.5, 0.6) is 5.75 Å². The molecule has 1 aromatic carbocycles. The molecule has 2 heterocycles. The summed E-state index contributed by atoms with van der Waals surface area (Å²) in [5.41, 5.74) is 2.98. The van der Waals surface area contributed by atoms with Crippen molar-refractivity contribution in [3.05, 3.63) is 48.3 Å². The molecule has 0 saturated carbocycles. The van der Waals surface area contributed by atoms with Crippen LogP contribution < -0.4 is 4.74 Å². The average molecular weight is 295 g/mol. The molecule has 0 aliphatic heterocycles. The number of carbonyl (C=O) groups excluding carboxylic acids is 1. The van der Waals surface area contributed by atoms with E-state index in [1.165, 1.54) is 0 Å². The number of aromatic nitrogens is 3. The van der Waals surface area contributed by atoms with Crippen LogP contribution in [0.3, 0.4) is 0 Å². The molecule has 0 radical (unpaired) electrons. The SMILES string of the molecule is COc1ccc(-c2ccnc3cc(C(=O)C(C)C)nn23)cc1. The molecule has 3 rings (SSSR count). The molecule has 3 aromatic rings. The van der Waals surface area contributed by atoms with Gasteiger partial charge in [-0.25, -0.2) is 9.50 Å². The predicted molar refractivity (Wildman–Crippen MR) is 84.1 cm³/mol. The molecular formula is C17H17N3O2. The van der Waals surface area contributed by atoms with Crippen LogP contribution in [0.25, 0.3) is 16.9 Å². The van der Waals surface area contributed by atoms with Crippen LogP contribution in [0.15, 0.2) is 42.6 Å². The largest absolute Gasteiger partial charge is 0.497 e. The number of hydrogen-bond acceptors (Lipinski definition) is 4. The maximum Gasteiger partial charge on any atom is 0.185 e. The van der Waals surface area contributed by atoms with E-state index >= 15 is 0 Å². The molecule has 5 nitrogen and oxygen atoms in total. The van der Waals surface area contributed by atoms with Crippen molar-refractivity contribution in [1.29, 1.82) is 0 Å². The quantitative estimate of drug-likeness (QED) is 0.693. The first-order valence-electron chi connectivity index (χ1n) is 7.13. The van der Waals surface area contributed by atoms with Gasteiger partial charge in [-0.1, -0.05) is 13.8 Å². The Morgan fingerprint density at radius 3 is 2.55 bits per heavy atom. The van der Waals surface area contributed by atoms with Crippen LogP contribution in [-0.2, 0) is 0 Å². The van der Waals surface area contributed by atoms with Crippen molar-refractivity contribution < 1.29 is 9.53 Å². The molecule has 5 heteroatoms. The summed E-state index contributed by atoms with van der Waals surface area (Å²) < 4.78 is 6.88. The second kappa shape index (κ2) is 5.60. The number of hydrogen-bond donors (Lipinski definition) is 0. The average Bonchev–Trinajstić information content (AvgIpc) is 2.98. The number of ether oxygens (including phenoxy) is 1. The number of nitrogens with zero attached hydrogens (tertiary/aromatic N) is 3. The van der Waals surface area contributed by atoms with Crippen molar-refractivity contribution in [3.8, 4) is 17.0 Å². The van der Waals surface area contributed by atoms with Gasteiger partial charge in [0.05, 0.1) is 12.8 Å². The molecule has 0 bridgehead atoms. The third-order valence-corrected chi connectivity index (χ3v) is 3.52. The zero-order valence-electron chi connectivity index (χ0n) is 12.8. The van der Waals surface area contributed by atoms with E-state index < -0.39 is 0 Å². The summed E-state index contributed by atoms with van der Waals surface area (Å²) in [4.78, 5) is 16.4. The lowest BCUT2D eigenvalue weighted by Gasteiger charge is -2.05. The van der Waals surface area contributed by atoms with E-state index in [0.29, 0.717) is 11.3 Å². The van der Waals surface area contributed by atoms with E-state index in [1.54, 1.807) is 23.9 Å². The molecule has 0 amide bonds. The number of methoxy groups -OCH3 is 1. The minimum Gasteiger partial charge on any atom is -0.497 e. The maximum absolute atomic E-state index is 12.1. The lowest BCUT2D eigenvalue weighted by atomic mass is 10.1. The number of rotatable bonds is 4.